The van der Waals surface area contributed by atoms with Crippen LogP contribution in [0.25, 0.3) is 11.1 Å². The predicted molar refractivity (Wildman–Crippen MR) is 94.3 cm³/mol. The van der Waals surface area contributed by atoms with Crippen molar-refractivity contribution in [2.24, 2.45) is 11.1 Å². The molecule has 0 saturated heterocycles. The van der Waals surface area contributed by atoms with Crippen LogP contribution >= 0.6 is 11.6 Å². The number of methoxy groups -OCH3 is 1. The van der Waals surface area contributed by atoms with Gasteiger partial charge < -0.3 is 15.2 Å². The normalized spacial score (nSPS) is 18.1. The molecule has 0 spiro atoms. The zero-order valence-electron chi connectivity index (χ0n) is 13.9. The standard InChI is InChI=1S/C19H20ClNO3/c1-19(2)10-13-8-11(4-6-14(13)17(19)24-18(21)22)12-5-7-16(23-3)15(20)9-12/h4-9,17H,10H2,1-3H3,(H2,21,22)/t17-/m0/s1. The van der Waals surface area contributed by atoms with E-state index in [4.69, 9.17) is 26.8 Å². The highest BCUT2D eigenvalue weighted by atomic mass is 35.5. The van der Waals surface area contributed by atoms with E-state index in [1.807, 2.05) is 30.3 Å². The van der Waals surface area contributed by atoms with E-state index in [0.717, 1.165) is 28.7 Å². The summed E-state index contributed by atoms with van der Waals surface area (Å²) >= 11 is 6.23. The topological polar surface area (TPSA) is 61.6 Å². The summed E-state index contributed by atoms with van der Waals surface area (Å²) in [4.78, 5) is 11.2. The monoisotopic (exact) mass is 345 g/mol. The fourth-order valence-corrected chi connectivity index (χ4v) is 3.64. The number of amides is 1. The molecule has 1 aliphatic carbocycles. The lowest BCUT2D eigenvalue weighted by Crippen LogP contribution is -2.25. The smallest absolute Gasteiger partial charge is 0.405 e. The third kappa shape index (κ3) is 2.94. The minimum atomic E-state index is -0.744. The molecule has 3 rings (SSSR count). The SMILES string of the molecule is COc1ccc(-c2ccc3c(c2)CC(C)(C)[C@H]3OC(N)=O)cc1Cl. The Hall–Kier alpha value is -2.20. The molecule has 0 aromatic heterocycles. The second-order valence-corrected chi connectivity index (χ2v) is 7.15. The number of halogens is 1. The lowest BCUT2D eigenvalue weighted by Gasteiger charge is -2.26. The van der Waals surface area contributed by atoms with E-state index >= 15 is 0 Å². The quantitative estimate of drug-likeness (QED) is 0.874. The van der Waals surface area contributed by atoms with E-state index < -0.39 is 6.09 Å². The maximum absolute atomic E-state index is 11.2. The van der Waals surface area contributed by atoms with Crippen molar-refractivity contribution in [1.29, 1.82) is 0 Å². The molecule has 24 heavy (non-hydrogen) atoms. The van der Waals surface area contributed by atoms with Gasteiger partial charge in [0.2, 0.25) is 0 Å². The number of nitrogens with two attached hydrogens (primary N) is 1. The van der Waals surface area contributed by atoms with Gasteiger partial charge >= 0.3 is 6.09 Å². The number of carbonyl (C=O) groups excluding carboxylic acids is 1. The van der Waals surface area contributed by atoms with E-state index in [9.17, 15) is 4.79 Å². The molecule has 0 aliphatic heterocycles. The summed E-state index contributed by atoms with van der Waals surface area (Å²) in [5.41, 5.74) is 9.30. The van der Waals surface area contributed by atoms with E-state index in [1.54, 1.807) is 7.11 Å². The molecule has 1 atom stereocenters. The lowest BCUT2D eigenvalue weighted by molar-refractivity contribution is 0.0392. The number of benzene rings is 2. The number of fused-ring (bicyclic) bond motifs is 1. The van der Waals surface area contributed by atoms with Gasteiger partial charge in [-0.3, -0.25) is 0 Å². The molecule has 1 aliphatic rings. The van der Waals surface area contributed by atoms with Crippen LogP contribution in [0, 0.1) is 5.41 Å². The third-order valence-electron chi connectivity index (χ3n) is 4.50. The van der Waals surface area contributed by atoms with Crippen molar-refractivity contribution in [3.8, 4) is 16.9 Å². The van der Waals surface area contributed by atoms with Gasteiger partial charge in [-0.15, -0.1) is 0 Å². The summed E-state index contributed by atoms with van der Waals surface area (Å²) in [6.45, 7) is 4.15. The van der Waals surface area contributed by atoms with Crippen molar-refractivity contribution >= 4 is 17.7 Å². The van der Waals surface area contributed by atoms with Crippen molar-refractivity contribution in [2.45, 2.75) is 26.4 Å². The zero-order chi connectivity index (χ0) is 17.5. The Bertz CT molecular complexity index is 801. The Balaban J connectivity index is 1.99. The number of hydrogen-bond donors (Lipinski definition) is 1. The van der Waals surface area contributed by atoms with Gasteiger partial charge in [-0.25, -0.2) is 4.79 Å². The average molecular weight is 346 g/mol. The van der Waals surface area contributed by atoms with Crippen molar-refractivity contribution in [2.75, 3.05) is 7.11 Å². The van der Waals surface area contributed by atoms with Gasteiger partial charge in [0.05, 0.1) is 12.1 Å². The van der Waals surface area contributed by atoms with Crippen LogP contribution in [0.1, 0.15) is 31.1 Å². The van der Waals surface area contributed by atoms with Gasteiger partial charge in [0.1, 0.15) is 11.9 Å². The second-order valence-electron chi connectivity index (χ2n) is 6.75. The molecule has 126 valence electrons. The van der Waals surface area contributed by atoms with Gasteiger partial charge in [0, 0.05) is 5.41 Å². The Morgan fingerprint density at radius 2 is 1.88 bits per heavy atom. The minimum Gasteiger partial charge on any atom is -0.495 e. The first kappa shape index (κ1) is 16.7. The molecular weight excluding hydrogens is 326 g/mol. The van der Waals surface area contributed by atoms with Crippen LogP contribution in [-0.4, -0.2) is 13.2 Å². The first-order chi connectivity index (χ1) is 11.3. The number of primary amides is 1. The van der Waals surface area contributed by atoms with Crippen LogP contribution in [0.15, 0.2) is 36.4 Å². The van der Waals surface area contributed by atoms with E-state index in [-0.39, 0.29) is 11.5 Å². The molecule has 0 fully saturated rings. The summed E-state index contributed by atoms with van der Waals surface area (Å²) in [7, 11) is 1.59. The molecule has 4 nitrogen and oxygen atoms in total. The van der Waals surface area contributed by atoms with Gasteiger partial charge in [0.25, 0.3) is 0 Å². The first-order valence-electron chi connectivity index (χ1n) is 7.74. The fraction of sp³-hybridized carbons (Fsp3) is 0.316. The molecule has 2 aromatic rings. The molecule has 5 heteroatoms. The summed E-state index contributed by atoms with van der Waals surface area (Å²) in [5, 5.41) is 0.575. The molecule has 0 radical (unpaired) electrons. The molecule has 0 unspecified atom stereocenters. The maximum Gasteiger partial charge on any atom is 0.405 e. The van der Waals surface area contributed by atoms with Crippen molar-refractivity contribution in [3.63, 3.8) is 0 Å². The molecule has 1 amide bonds. The Morgan fingerprint density at radius 1 is 1.21 bits per heavy atom. The van der Waals surface area contributed by atoms with Crippen LogP contribution in [0.4, 0.5) is 4.79 Å². The lowest BCUT2D eigenvalue weighted by atomic mass is 9.87. The summed E-state index contributed by atoms with van der Waals surface area (Å²) < 4.78 is 10.5. The molecule has 0 bridgehead atoms. The van der Waals surface area contributed by atoms with Gasteiger partial charge in [0.15, 0.2) is 0 Å². The summed E-state index contributed by atoms with van der Waals surface area (Å²) in [6.07, 6.45) is -0.247. The first-order valence-corrected chi connectivity index (χ1v) is 8.12. The summed E-state index contributed by atoms with van der Waals surface area (Å²) in [5.74, 6) is 0.651. The maximum atomic E-state index is 11.2. The Labute approximate surface area is 146 Å². The van der Waals surface area contributed by atoms with E-state index in [2.05, 4.69) is 19.9 Å². The van der Waals surface area contributed by atoms with Gasteiger partial charge in [-0.1, -0.05) is 49.7 Å². The van der Waals surface area contributed by atoms with E-state index in [1.165, 1.54) is 0 Å². The second kappa shape index (κ2) is 6.02. The largest absolute Gasteiger partial charge is 0.495 e. The number of carbonyl (C=O) groups is 1. The van der Waals surface area contributed by atoms with Crippen LogP contribution in [0.5, 0.6) is 5.75 Å². The highest BCUT2D eigenvalue weighted by molar-refractivity contribution is 6.32. The zero-order valence-corrected chi connectivity index (χ0v) is 14.7. The van der Waals surface area contributed by atoms with Crippen LogP contribution in [-0.2, 0) is 11.2 Å². The predicted octanol–water partition coefficient (Wildman–Crippen LogP) is 4.73. The third-order valence-corrected chi connectivity index (χ3v) is 4.80. The highest BCUT2D eigenvalue weighted by Gasteiger charge is 2.41. The Kier molecular flexibility index (Phi) is 4.18. The fourth-order valence-electron chi connectivity index (χ4n) is 3.38. The van der Waals surface area contributed by atoms with Gasteiger partial charge in [-0.05, 0) is 40.8 Å². The number of ether oxygens (including phenoxy) is 2. The van der Waals surface area contributed by atoms with Crippen LogP contribution in [0.3, 0.4) is 0 Å². The minimum absolute atomic E-state index is 0.187. The molecule has 0 heterocycles. The molecular formula is C19H20ClNO3. The molecule has 0 saturated carbocycles. The molecule has 2 N–H and O–H groups in total. The van der Waals surface area contributed by atoms with Crippen molar-refractivity contribution in [3.05, 3.63) is 52.5 Å². The number of hydrogen-bond acceptors (Lipinski definition) is 3. The highest BCUT2D eigenvalue weighted by Crippen LogP contribution is 2.48. The Morgan fingerprint density at radius 3 is 2.50 bits per heavy atom. The van der Waals surface area contributed by atoms with Crippen molar-refractivity contribution < 1.29 is 14.3 Å². The van der Waals surface area contributed by atoms with Gasteiger partial charge in [-0.2, -0.15) is 0 Å². The number of rotatable bonds is 3. The summed E-state index contributed by atoms with van der Waals surface area (Å²) in [6, 6.07) is 11.9. The van der Waals surface area contributed by atoms with Crippen LogP contribution in [0.2, 0.25) is 5.02 Å². The average Bonchev–Trinajstić information content (AvgIpc) is 2.76. The van der Waals surface area contributed by atoms with Crippen LogP contribution < -0.4 is 10.5 Å². The molecule has 2 aromatic carbocycles. The van der Waals surface area contributed by atoms with E-state index in [0.29, 0.717) is 10.8 Å². The van der Waals surface area contributed by atoms with Crippen molar-refractivity contribution in [1.82, 2.24) is 0 Å².